The van der Waals surface area contributed by atoms with Gasteiger partial charge >= 0.3 is 6.03 Å². The van der Waals surface area contributed by atoms with Gasteiger partial charge in [0.25, 0.3) is 5.91 Å². The first kappa shape index (κ1) is 17.9. The molecule has 1 atom stereocenters. The minimum Gasteiger partial charge on any atom is -0.338 e. The molecule has 3 amide bonds. The van der Waals surface area contributed by atoms with E-state index in [0.717, 1.165) is 0 Å². The number of imide groups is 1. The van der Waals surface area contributed by atoms with E-state index in [4.69, 9.17) is 0 Å². The first-order valence-corrected chi connectivity index (χ1v) is 8.36. The number of hydrogen-bond acceptors (Lipinski definition) is 2. The molecule has 5 heteroatoms. The summed E-state index contributed by atoms with van der Waals surface area (Å²) < 4.78 is 0. The Balaban J connectivity index is 1.89. The summed E-state index contributed by atoms with van der Waals surface area (Å²) >= 11 is 0. The molecule has 5 nitrogen and oxygen atoms in total. The van der Waals surface area contributed by atoms with Crippen molar-refractivity contribution in [1.82, 2.24) is 10.6 Å². The Labute approximate surface area is 142 Å². The van der Waals surface area contributed by atoms with Crippen LogP contribution in [-0.2, 0) is 4.79 Å². The topological polar surface area (TPSA) is 74.8 Å². The van der Waals surface area contributed by atoms with Crippen LogP contribution in [0.2, 0.25) is 0 Å². The van der Waals surface area contributed by atoms with Crippen LogP contribution in [0, 0.1) is 5.92 Å². The van der Waals surface area contributed by atoms with Gasteiger partial charge in [-0.1, -0.05) is 56.3 Å². The molecular weight excluding hydrogens is 302 g/mol. The van der Waals surface area contributed by atoms with Crippen molar-refractivity contribution in [3.63, 3.8) is 0 Å². The van der Waals surface area contributed by atoms with Crippen molar-refractivity contribution < 1.29 is 14.9 Å². The van der Waals surface area contributed by atoms with E-state index >= 15 is 0 Å². The fraction of sp³-hybridized carbons (Fsp3) is 0.368. The molecule has 0 unspecified atom stereocenters. The van der Waals surface area contributed by atoms with Gasteiger partial charge in [0.1, 0.15) is 6.04 Å². The van der Waals surface area contributed by atoms with Crippen LogP contribution in [-0.4, -0.2) is 25.0 Å². The molecule has 128 valence electrons. The second kappa shape index (κ2) is 8.45. The van der Waals surface area contributed by atoms with Gasteiger partial charge in [-0.15, -0.1) is 0 Å². The van der Waals surface area contributed by atoms with Gasteiger partial charge in [-0.3, -0.25) is 10.1 Å². The Kier molecular flexibility index (Phi) is 6.32. The number of urea groups is 1. The van der Waals surface area contributed by atoms with Crippen molar-refractivity contribution in [3.8, 4) is 0 Å². The van der Waals surface area contributed by atoms with Crippen molar-refractivity contribution in [2.75, 3.05) is 13.1 Å². The number of hydrogen-bond donors (Lipinski definition) is 3. The van der Waals surface area contributed by atoms with Gasteiger partial charge in [0.15, 0.2) is 6.54 Å². The van der Waals surface area contributed by atoms with Crippen LogP contribution in [0.5, 0.6) is 0 Å². The first-order chi connectivity index (χ1) is 11.5. The zero-order valence-electron chi connectivity index (χ0n) is 14.5. The smallest absolute Gasteiger partial charge is 0.321 e. The van der Waals surface area contributed by atoms with E-state index in [9.17, 15) is 9.59 Å². The normalized spacial score (nSPS) is 12.2. The van der Waals surface area contributed by atoms with Crippen molar-refractivity contribution in [3.05, 3.63) is 48.0 Å². The molecule has 0 radical (unpaired) electrons. The highest BCUT2D eigenvalue weighted by Gasteiger charge is 2.15. The van der Waals surface area contributed by atoms with Gasteiger partial charge in [0.2, 0.25) is 0 Å². The Morgan fingerprint density at radius 2 is 1.75 bits per heavy atom. The Morgan fingerprint density at radius 3 is 2.50 bits per heavy atom. The highest BCUT2D eigenvalue weighted by molar-refractivity contribution is 5.94. The standard InChI is InChI=1S/C19H25N3O2/c1-13(2)11-21-19(24)22-18(23)12-20-14(3)16-10-6-8-15-7-4-5-9-17(15)16/h4-10,13-14,20H,11-12H2,1-3H3,(H2,21,22,23,24)/p+1/t14-/m0/s1. The lowest BCUT2D eigenvalue weighted by Gasteiger charge is -2.14. The second-order valence-corrected chi connectivity index (χ2v) is 6.45. The summed E-state index contributed by atoms with van der Waals surface area (Å²) in [6, 6.07) is 14.1. The van der Waals surface area contributed by atoms with Crippen molar-refractivity contribution in [2.45, 2.75) is 26.8 Å². The van der Waals surface area contributed by atoms with Crippen LogP contribution in [0.25, 0.3) is 10.8 Å². The average molecular weight is 328 g/mol. The van der Waals surface area contributed by atoms with Gasteiger partial charge in [0.05, 0.1) is 0 Å². The van der Waals surface area contributed by atoms with E-state index in [1.54, 1.807) is 0 Å². The maximum atomic E-state index is 11.9. The fourth-order valence-corrected chi connectivity index (χ4v) is 2.58. The average Bonchev–Trinajstić information content (AvgIpc) is 2.57. The third-order valence-corrected chi connectivity index (χ3v) is 3.89. The zero-order valence-corrected chi connectivity index (χ0v) is 14.5. The number of quaternary nitrogens is 1. The van der Waals surface area contributed by atoms with Crippen molar-refractivity contribution in [1.29, 1.82) is 0 Å². The number of carbonyl (C=O) groups is 2. The predicted molar refractivity (Wildman–Crippen MR) is 95.5 cm³/mol. The maximum absolute atomic E-state index is 11.9. The molecule has 2 rings (SSSR count). The van der Waals surface area contributed by atoms with Gasteiger partial charge in [-0.05, 0) is 23.6 Å². The number of nitrogens with one attached hydrogen (secondary N) is 2. The lowest BCUT2D eigenvalue weighted by atomic mass is 10.00. The van der Waals surface area contributed by atoms with E-state index in [0.29, 0.717) is 12.5 Å². The second-order valence-electron chi connectivity index (χ2n) is 6.45. The van der Waals surface area contributed by atoms with Gasteiger partial charge in [-0.2, -0.15) is 0 Å². The molecular formula is C19H26N3O2+. The number of nitrogens with two attached hydrogens (primary N) is 1. The molecule has 0 aliphatic rings. The molecule has 0 aliphatic heterocycles. The van der Waals surface area contributed by atoms with E-state index in [2.05, 4.69) is 41.8 Å². The number of amides is 3. The van der Waals surface area contributed by atoms with E-state index in [-0.39, 0.29) is 18.5 Å². The SMILES string of the molecule is CC(C)CNC(=O)NC(=O)C[NH2+][C@@H](C)c1cccc2ccccc12. The van der Waals surface area contributed by atoms with Crippen molar-refractivity contribution >= 4 is 22.7 Å². The quantitative estimate of drug-likeness (QED) is 0.758. The Morgan fingerprint density at radius 1 is 1.04 bits per heavy atom. The molecule has 0 fully saturated rings. The van der Waals surface area contributed by atoms with Crippen LogP contribution in [0.1, 0.15) is 32.4 Å². The maximum Gasteiger partial charge on any atom is 0.321 e. The number of benzene rings is 2. The van der Waals surface area contributed by atoms with Crippen LogP contribution < -0.4 is 16.0 Å². The van der Waals surface area contributed by atoms with Gasteiger partial charge in [-0.25, -0.2) is 4.79 Å². The van der Waals surface area contributed by atoms with Crippen LogP contribution in [0.3, 0.4) is 0 Å². The fourth-order valence-electron chi connectivity index (χ4n) is 2.58. The molecule has 0 saturated heterocycles. The Bertz CT molecular complexity index is 707. The van der Waals surface area contributed by atoms with E-state index in [1.807, 2.05) is 37.4 Å². The van der Waals surface area contributed by atoms with Crippen LogP contribution in [0.15, 0.2) is 42.5 Å². The van der Waals surface area contributed by atoms with Crippen LogP contribution >= 0.6 is 0 Å². The molecule has 0 aliphatic carbocycles. The predicted octanol–water partition coefficient (Wildman–Crippen LogP) is 1.95. The summed E-state index contributed by atoms with van der Waals surface area (Å²) in [5, 5.41) is 9.35. The lowest BCUT2D eigenvalue weighted by Crippen LogP contribution is -2.87. The molecule has 0 heterocycles. The minimum absolute atomic E-state index is 0.126. The molecule has 0 aromatic heterocycles. The monoisotopic (exact) mass is 328 g/mol. The summed E-state index contributed by atoms with van der Waals surface area (Å²) in [4.78, 5) is 23.5. The molecule has 2 aromatic carbocycles. The third kappa shape index (κ3) is 5.06. The Hall–Kier alpha value is -2.40. The largest absolute Gasteiger partial charge is 0.338 e. The van der Waals surface area contributed by atoms with E-state index < -0.39 is 6.03 Å². The highest BCUT2D eigenvalue weighted by atomic mass is 16.2. The summed E-state index contributed by atoms with van der Waals surface area (Å²) in [7, 11) is 0. The molecule has 0 bridgehead atoms. The first-order valence-electron chi connectivity index (χ1n) is 8.36. The zero-order chi connectivity index (χ0) is 17.5. The number of fused-ring (bicyclic) bond motifs is 1. The molecule has 4 N–H and O–H groups in total. The lowest BCUT2D eigenvalue weighted by molar-refractivity contribution is -0.682. The molecule has 24 heavy (non-hydrogen) atoms. The molecule has 0 saturated carbocycles. The number of rotatable bonds is 6. The van der Waals surface area contributed by atoms with Gasteiger partial charge in [0, 0.05) is 12.1 Å². The molecule has 0 spiro atoms. The van der Waals surface area contributed by atoms with Gasteiger partial charge < -0.3 is 10.6 Å². The summed E-state index contributed by atoms with van der Waals surface area (Å²) in [5.41, 5.74) is 1.19. The summed E-state index contributed by atoms with van der Waals surface area (Å²) in [5.74, 6) is 0.0622. The number of carbonyl (C=O) groups excluding carboxylic acids is 2. The van der Waals surface area contributed by atoms with E-state index in [1.165, 1.54) is 16.3 Å². The highest BCUT2D eigenvalue weighted by Crippen LogP contribution is 2.21. The summed E-state index contributed by atoms with van der Waals surface area (Å²) in [6.45, 7) is 6.83. The minimum atomic E-state index is -0.431. The van der Waals surface area contributed by atoms with Crippen molar-refractivity contribution in [2.24, 2.45) is 5.92 Å². The summed E-state index contributed by atoms with van der Waals surface area (Å²) in [6.07, 6.45) is 0. The molecule has 2 aromatic rings. The van der Waals surface area contributed by atoms with Crippen LogP contribution in [0.4, 0.5) is 4.79 Å². The third-order valence-electron chi connectivity index (χ3n) is 3.89.